The fraction of sp³-hybridized carbons (Fsp3) is 0.400. The number of rotatable bonds is 4. The third-order valence-electron chi connectivity index (χ3n) is 1.58. The number of ketones is 1. The van der Waals surface area contributed by atoms with Crippen LogP contribution >= 0.6 is 0 Å². The molecule has 86 valence electrons. The van der Waals surface area contributed by atoms with Crippen LogP contribution in [0.3, 0.4) is 0 Å². The van der Waals surface area contributed by atoms with Crippen molar-refractivity contribution in [1.82, 2.24) is 5.01 Å². The lowest BCUT2D eigenvalue weighted by molar-refractivity contribution is -0.108. The number of hydrogen-bond acceptors (Lipinski definition) is 5. The number of amides is 1. The number of cyclic esters (lactones) is 1. The van der Waals surface area contributed by atoms with Crippen molar-refractivity contribution in [2.24, 2.45) is 5.10 Å². The SMILES string of the molecule is C#N.CC/C=C/C(=O)/C=N/N1CCOC1=O. The predicted molar refractivity (Wildman–Crippen MR) is 57.7 cm³/mol. The highest BCUT2D eigenvalue weighted by molar-refractivity contribution is 6.32. The van der Waals surface area contributed by atoms with Gasteiger partial charge in [0.05, 0.1) is 12.8 Å². The second-order valence-corrected chi connectivity index (χ2v) is 2.70. The summed E-state index contributed by atoms with van der Waals surface area (Å²) in [4.78, 5) is 21.9. The number of ether oxygens (including phenoxy) is 1. The van der Waals surface area contributed by atoms with Crippen LogP contribution in [0, 0.1) is 11.8 Å². The molecule has 16 heavy (non-hydrogen) atoms. The molecular formula is C10H13N3O3. The van der Waals surface area contributed by atoms with Crippen LogP contribution in [0.2, 0.25) is 0 Å². The van der Waals surface area contributed by atoms with E-state index >= 15 is 0 Å². The first-order chi connectivity index (χ1) is 7.74. The van der Waals surface area contributed by atoms with E-state index in [2.05, 4.69) is 16.4 Å². The molecule has 0 aromatic heterocycles. The van der Waals surface area contributed by atoms with Gasteiger partial charge in [0.1, 0.15) is 6.61 Å². The molecule has 0 N–H and O–H groups in total. The van der Waals surface area contributed by atoms with Gasteiger partial charge >= 0.3 is 6.09 Å². The predicted octanol–water partition coefficient (Wildman–Crippen LogP) is 1.10. The molecule has 0 bridgehead atoms. The third-order valence-corrected chi connectivity index (χ3v) is 1.58. The molecule has 0 aromatic rings. The monoisotopic (exact) mass is 223 g/mol. The molecule has 1 aliphatic rings. The summed E-state index contributed by atoms with van der Waals surface area (Å²) in [7, 11) is 0. The Labute approximate surface area is 93.8 Å². The zero-order chi connectivity index (χ0) is 12.4. The number of carbonyl (C=O) groups excluding carboxylic acids is 2. The highest BCUT2D eigenvalue weighted by atomic mass is 16.6. The first-order valence-electron chi connectivity index (χ1n) is 4.68. The largest absolute Gasteiger partial charge is 0.446 e. The molecule has 1 heterocycles. The normalized spacial score (nSPS) is 14.9. The average Bonchev–Trinajstić information content (AvgIpc) is 2.72. The molecule has 0 saturated carbocycles. The molecule has 6 heteroatoms. The standard InChI is InChI=1S/C9H12N2O3.CHN/c1-2-3-4-8(12)7-10-11-5-6-14-9(11)13;1-2/h3-4,7H,2,5-6H2,1H3;1H/b4-3+,10-7+;. The van der Waals surface area contributed by atoms with E-state index in [4.69, 9.17) is 5.26 Å². The third kappa shape index (κ3) is 4.91. The fourth-order valence-corrected chi connectivity index (χ4v) is 0.894. The minimum absolute atomic E-state index is 0.230. The summed E-state index contributed by atoms with van der Waals surface area (Å²) in [6, 6.07) is 0. The number of nitriles is 1. The summed E-state index contributed by atoms with van der Waals surface area (Å²) in [5.74, 6) is -0.230. The van der Waals surface area contributed by atoms with E-state index in [1.54, 1.807) is 6.08 Å². The number of carbonyl (C=O) groups is 2. The Hall–Kier alpha value is -2.16. The van der Waals surface area contributed by atoms with E-state index in [0.717, 1.165) is 17.6 Å². The molecule has 1 saturated heterocycles. The number of hydrogen-bond donors (Lipinski definition) is 0. The summed E-state index contributed by atoms with van der Waals surface area (Å²) >= 11 is 0. The van der Waals surface area contributed by atoms with Gasteiger partial charge in [0.2, 0.25) is 0 Å². The van der Waals surface area contributed by atoms with Crippen molar-refractivity contribution in [3.63, 3.8) is 0 Å². The number of nitrogens with zero attached hydrogens (tertiary/aromatic N) is 3. The first-order valence-corrected chi connectivity index (χ1v) is 4.68. The highest BCUT2D eigenvalue weighted by Crippen LogP contribution is 2.02. The summed E-state index contributed by atoms with van der Waals surface area (Å²) in [6.07, 6.45) is 4.56. The maximum atomic E-state index is 11.1. The molecule has 1 rings (SSSR count). The van der Waals surface area contributed by atoms with Crippen molar-refractivity contribution in [1.29, 1.82) is 5.26 Å². The molecule has 6 nitrogen and oxygen atoms in total. The van der Waals surface area contributed by atoms with Gasteiger partial charge < -0.3 is 4.74 Å². The van der Waals surface area contributed by atoms with Gasteiger partial charge in [-0.25, -0.2) is 10.1 Å². The zero-order valence-corrected chi connectivity index (χ0v) is 9.00. The van der Waals surface area contributed by atoms with Gasteiger partial charge in [-0.15, -0.1) is 0 Å². The molecule has 0 spiro atoms. The van der Waals surface area contributed by atoms with Crippen molar-refractivity contribution >= 4 is 18.1 Å². The van der Waals surface area contributed by atoms with Gasteiger partial charge in [0.25, 0.3) is 0 Å². The van der Waals surface area contributed by atoms with E-state index in [1.165, 1.54) is 6.08 Å². The van der Waals surface area contributed by atoms with Crippen LogP contribution in [-0.2, 0) is 9.53 Å². The Morgan fingerprint density at radius 1 is 1.69 bits per heavy atom. The van der Waals surface area contributed by atoms with Crippen LogP contribution in [0.25, 0.3) is 0 Å². The average molecular weight is 223 g/mol. The van der Waals surface area contributed by atoms with Crippen molar-refractivity contribution in [2.75, 3.05) is 13.2 Å². The van der Waals surface area contributed by atoms with Gasteiger partial charge in [-0.05, 0) is 12.5 Å². The molecule has 1 aliphatic heterocycles. The molecule has 0 aromatic carbocycles. The molecular weight excluding hydrogens is 210 g/mol. The Kier molecular flexibility index (Phi) is 7.07. The van der Waals surface area contributed by atoms with Gasteiger partial charge in [0.15, 0.2) is 5.78 Å². The lowest BCUT2D eigenvalue weighted by atomic mass is 10.3. The molecule has 1 fully saturated rings. The van der Waals surface area contributed by atoms with E-state index in [9.17, 15) is 9.59 Å². The van der Waals surface area contributed by atoms with Crippen LogP contribution in [0.5, 0.6) is 0 Å². The van der Waals surface area contributed by atoms with E-state index in [-0.39, 0.29) is 5.78 Å². The van der Waals surface area contributed by atoms with Crippen LogP contribution in [0.4, 0.5) is 4.79 Å². The van der Waals surface area contributed by atoms with Crippen LogP contribution < -0.4 is 0 Å². The van der Waals surface area contributed by atoms with Gasteiger partial charge in [0, 0.05) is 6.57 Å². The highest BCUT2D eigenvalue weighted by Gasteiger charge is 2.20. The molecule has 1 amide bonds. The van der Waals surface area contributed by atoms with Gasteiger partial charge in [-0.3, -0.25) is 4.79 Å². The van der Waals surface area contributed by atoms with Crippen molar-refractivity contribution in [3.8, 4) is 6.57 Å². The lowest BCUT2D eigenvalue weighted by Crippen LogP contribution is -2.18. The van der Waals surface area contributed by atoms with Crippen LogP contribution in [0.1, 0.15) is 13.3 Å². The second kappa shape index (κ2) is 8.17. The van der Waals surface area contributed by atoms with Crippen molar-refractivity contribution in [2.45, 2.75) is 13.3 Å². The topological polar surface area (TPSA) is 82.8 Å². The van der Waals surface area contributed by atoms with E-state index < -0.39 is 6.09 Å². The van der Waals surface area contributed by atoms with Crippen LogP contribution in [0.15, 0.2) is 17.3 Å². The Morgan fingerprint density at radius 2 is 2.38 bits per heavy atom. The Bertz CT molecular complexity index is 321. The Balaban J connectivity index is 0.00000106. The maximum absolute atomic E-state index is 11.1. The minimum atomic E-state index is -0.506. The first kappa shape index (κ1) is 13.8. The van der Waals surface area contributed by atoms with E-state index in [0.29, 0.717) is 13.2 Å². The van der Waals surface area contributed by atoms with Gasteiger partial charge in [-0.1, -0.05) is 13.0 Å². The Morgan fingerprint density at radius 3 is 2.88 bits per heavy atom. The summed E-state index contributed by atoms with van der Waals surface area (Å²) < 4.78 is 4.62. The number of hydrazone groups is 1. The fourth-order valence-electron chi connectivity index (χ4n) is 0.894. The molecule has 0 aliphatic carbocycles. The summed E-state index contributed by atoms with van der Waals surface area (Å²) in [5, 5.41) is 11.3. The van der Waals surface area contributed by atoms with Gasteiger partial charge in [-0.2, -0.15) is 10.1 Å². The summed E-state index contributed by atoms with van der Waals surface area (Å²) in [6.45, 7) is 6.16. The zero-order valence-electron chi connectivity index (χ0n) is 9.00. The minimum Gasteiger partial charge on any atom is -0.446 e. The summed E-state index contributed by atoms with van der Waals surface area (Å²) in [5.41, 5.74) is 0. The van der Waals surface area contributed by atoms with E-state index in [1.807, 2.05) is 6.92 Å². The lowest BCUT2D eigenvalue weighted by Gasteiger charge is -2.01. The quantitative estimate of drug-likeness (QED) is 0.527. The van der Waals surface area contributed by atoms with Crippen LogP contribution in [-0.4, -0.2) is 36.3 Å². The van der Waals surface area contributed by atoms with Crippen molar-refractivity contribution < 1.29 is 14.3 Å². The smallest absolute Gasteiger partial charge is 0.430 e. The molecule has 0 unspecified atom stereocenters. The van der Waals surface area contributed by atoms with Crippen molar-refractivity contribution in [3.05, 3.63) is 12.2 Å². The maximum Gasteiger partial charge on any atom is 0.430 e. The molecule has 0 radical (unpaired) electrons. The second-order valence-electron chi connectivity index (χ2n) is 2.70. The number of allylic oxidation sites excluding steroid dienone is 2. The molecule has 0 atom stereocenters.